The molecule has 1 aliphatic heterocycles. The van der Waals surface area contributed by atoms with E-state index in [2.05, 4.69) is 77.4 Å². The van der Waals surface area contributed by atoms with Crippen molar-refractivity contribution in [2.24, 2.45) is 4.99 Å². The van der Waals surface area contributed by atoms with E-state index in [0.29, 0.717) is 0 Å². The molecule has 1 saturated heterocycles. The molecular formula is C22H40N6. The van der Waals surface area contributed by atoms with Crippen LogP contribution in [0, 0.1) is 6.92 Å². The van der Waals surface area contributed by atoms with Gasteiger partial charge in [0.05, 0.1) is 6.54 Å². The molecule has 6 nitrogen and oxygen atoms in total. The van der Waals surface area contributed by atoms with Gasteiger partial charge in [-0.1, -0.05) is 12.1 Å². The average molecular weight is 389 g/mol. The lowest BCUT2D eigenvalue weighted by atomic mass is 10.2. The maximum Gasteiger partial charge on any atom is 0.191 e. The van der Waals surface area contributed by atoms with Gasteiger partial charge in [0.15, 0.2) is 5.96 Å². The monoisotopic (exact) mass is 388 g/mol. The first-order valence-electron chi connectivity index (χ1n) is 10.9. The molecule has 0 aromatic heterocycles. The molecule has 0 bridgehead atoms. The van der Waals surface area contributed by atoms with E-state index >= 15 is 0 Å². The molecule has 0 spiro atoms. The number of benzene rings is 1. The first-order valence-corrected chi connectivity index (χ1v) is 10.9. The van der Waals surface area contributed by atoms with Gasteiger partial charge in [0.2, 0.25) is 0 Å². The van der Waals surface area contributed by atoms with Crippen molar-refractivity contribution >= 4 is 11.6 Å². The quantitative estimate of drug-likeness (QED) is 0.501. The van der Waals surface area contributed by atoms with E-state index in [4.69, 9.17) is 4.99 Å². The lowest BCUT2D eigenvalue weighted by Crippen LogP contribution is -2.42. The minimum atomic E-state index is 0.842. The number of nitrogens with zero attached hydrogens (tertiary/aromatic N) is 4. The van der Waals surface area contributed by atoms with Crippen LogP contribution < -0.4 is 15.5 Å². The molecule has 6 heteroatoms. The Hall–Kier alpha value is -1.79. The van der Waals surface area contributed by atoms with E-state index < -0.39 is 0 Å². The third kappa shape index (κ3) is 8.07. The Kier molecular flexibility index (Phi) is 10.1. The summed E-state index contributed by atoms with van der Waals surface area (Å²) in [6.07, 6.45) is 1.25. The van der Waals surface area contributed by atoms with Gasteiger partial charge in [0.25, 0.3) is 0 Å². The highest BCUT2D eigenvalue weighted by Crippen LogP contribution is 2.14. The fourth-order valence-electron chi connectivity index (χ4n) is 3.57. The van der Waals surface area contributed by atoms with Crippen LogP contribution >= 0.6 is 0 Å². The van der Waals surface area contributed by atoms with Crippen molar-refractivity contribution in [3.8, 4) is 0 Å². The normalized spacial score (nSPS) is 16.6. The summed E-state index contributed by atoms with van der Waals surface area (Å²) in [5.41, 5.74) is 2.59. The zero-order valence-electron chi connectivity index (χ0n) is 18.4. The first kappa shape index (κ1) is 22.5. The molecule has 0 unspecified atom stereocenters. The van der Waals surface area contributed by atoms with E-state index in [0.717, 1.165) is 58.3 Å². The number of hydrogen-bond acceptors (Lipinski definition) is 4. The number of aliphatic imine (C=N–C) groups is 1. The summed E-state index contributed by atoms with van der Waals surface area (Å²) >= 11 is 0. The van der Waals surface area contributed by atoms with Crippen LogP contribution in [0.5, 0.6) is 0 Å². The molecule has 28 heavy (non-hydrogen) atoms. The molecule has 1 aromatic rings. The second-order valence-electron chi connectivity index (χ2n) is 7.60. The highest BCUT2D eigenvalue weighted by molar-refractivity contribution is 5.79. The molecule has 1 aromatic carbocycles. The standard InChI is InChI=1S/C22H40N6/c1-5-23-22(24-11-15-27-14-8-13-26(4)17-18-27)25-12-16-28(6-2)21-10-7-9-20(3)19-21/h7,9-10,19H,5-6,8,11-18H2,1-4H3,(H2,23,24,25). The van der Waals surface area contributed by atoms with E-state index in [9.17, 15) is 0 Å². The van der Waals surface area contributed by atoms with Crippen LogP contribution in [0.3, 0.4) is 0 Å². The van der Waals surface area contributed by atoms with Crippen molar-refractivity contribution < 1.29 is 0 Å². The predicted molar refractivity (Wildman–Crippen MR) is 122 cm³/mol. The van der Waals surface area contributed by atoms with Gasteiger partial charge in [-0.05, 0) is 65.0 Å². The van der Waals surface area contributed by atoms with Gasteiger partial charge in [-0.15, -0.1) is 0 Å². The van der Waals surface area contributed by atoms with Gasteiger partial charge in [-0.2, -0.15) is 0 Å². The van der Waals surface area contributed by atoms with Gasteiger partial charge in [0, 0.05) is 51.5 Å². The zero-order chi connectivity index (χ0) is 20.2. The molecule has 158 valence electrons. The fraction of sp³-hybridized carbons (Fsp3) is 0.682. The van der Waals surface area contributed by atoms with Crippen molar-refractivity contribution in [3.63, 3.8) is 0 Å². The van der Waals surface area contributed by atoms with E-state index in [1.165, 1.54) is 30.8 Å². The number of hydrogen-bond donors (Lipinski definition) is 2. The Bertz CT molecular complexity index is 588. The third-order valence-corrected chi connectivity index (χ3v) is 5.27. The predicted octanol–water partition coefficient (Wildman–Crippen LogP) is 2.01. The Morgan fingerprint density at radius 3 is 2.75 bits per heavy atom. The number of nitrogens with one attached hydrogen (secondary N) is 2. The van der Waals surface area contributed by atoms with E-state index in [1.54, 1.807) is 0 Å². The minimum absolute atomic E-state index is 0.842. The van der Waals surface area contributed by atoms with Crippen LogP contribution in [0.25, 0.3) is 0 Å². The second kappa shape index (κ2) is 12.6. The number of guanidine groups is 1. The average Bonchev–Trinajstić information content (AvgIpc) is 2.89. The molecule has 0 atom stereocenters. The maximum atomic E-state index is 4.79. The van der Waals surface area contributed by atoms with Crippen molar-refractivity contribution in [3.05, 3.63) is 29.8 Å². The first-order chi connectivity index (χ1) is 13.6. The molecule has 0 saturated carbocycles. The van der Waals surface area contributed by atoms with Crippen LogP contribution in [0.2, 0.25) is 0 Å². The Labute approximate surface area is 172 Å². The van der Waals surface area contributed by atoms with Crippen LogP contribution in [0.4, 0.5) is 5.69 Å². The molecule has 0 radical (unpaired) electrons. The molecule has 1 aliphatic rings. The Balaban J connectivity index is 1.78. The third-order valence-electron chi connectivity index (χ3n) is 5.27. The van der Waals surface area contributed by atoms with Crippen LogP contribution in [0.1, 0.15) is 25.8 Å². The van der Waals surface area contributed by atoms with Gasteiger partial charge < -0.3 is 25.3 Å². The van der Waals surface area contributed by atoms with Gasteiger partial charge in [-0.25, -0.2) is 0 Å². The topological polar surface area (TPSA) is 46.1 Å². The van der Waals surface area contributed by atoms with Crippen molar-refractivity contribution in [1.29, 1.82) is 0 Å². The number of likely N-dealkylation sites (N-methyl/N-ethyl adjacent to an activating group) is 2. The lowest BCUT2D eigenvalue weighted by Gasteiger charge is -2.24. The largest absolute Gasteiger partial charge is 0.370 e. The van der Waals surface area contributed by atoms with Crippen molar-refractivity contribution in [2.75, 3.05) is 77.4 Å². The van der Waals surface area contributed by atoms with Crippen LogP contribution in [0.15, 0.2) is 29.3 Å². The Morgan fingerprint density at radius 1 is 1.14 bits per heavy atom. The number of anilines is 1. The summed E-state index contributed by atoms with van der Waals surface area (Å²) in [4.78, 5) is 12.1. The zero-order valence-corrected chi connectivity index (χ0v) is 18.4. The minimum Gasteiger partial charge on any atom is -0.370 e. The van der Waals surface area contributed by atoms with Gasteiger partial charge in [0.1, 0.15) is 0 Å². The summed E-state index contributed by atoms with van der Waals surface area (Å²) in [6, 6.07) is 8.72. The number of rotatable bonds is 9. The fourth-order valence-corrected chi connectivity index (χ4v) is 3.57. The summed E-state index contributed by atoms with van der Waals surface area (Å²) in [5.74, 6) is 0.926. The highest BCUT2D eigenvalue weighted by Gasteiger charge is 2.11. The second-order valence-corrected chi connectivity index (χ2v) is 7.60. The van der Waals surface area contributed by atoms with E-state index in [1.807, 2.05) is 0 Å². The highest BCUT2D eigenvalue weighted by atomic mass is 15.2. The van der Waals surface area contributed by atoms with Crippen LogP contribution in [-0.4, -0.2) is 88.3 Å². The van der Waals surface area contributed by atoms with Crippen molar-refractivity contribution in [1.82, 2.24) is 20.4 Å². The summed E-state index contributed by atoms with van der Waals surface area (Å²) in [6.45, 7) is 16.8. The smallest absolute Gasteiger partial charge is 0.191 e. The molecular weight excluding hydrogens is 348 g/mol. The number of aryl methyl sites for hydroxylation is 1. The Morgan fingerprint density at radius 2 is 2.00 bits per heavy atom. The molecule has 2 rings (SSSR count). The maximum absolute atomic E-state index is 4.79. The van der Waals surface area contributed by atoms with E-state index in [-0.39, 0.29) is 0 Å². The lowest BCUT2D eigenvalue weighted by molar-refractivity contribution is 0.283. The molecule has 0 aliphatic carbocycles. The van der Waals surface area contributed by atoms with Crippen LogP contribution in [-0.2, 0) is 0 Å². The SMILES string of the molecule is CCNC(=NCCN1CCCN(C)CC1)NCCN(CC)c1cccc(C)c1. The van der Waals surface area contributed by atoms with Gasteiger partial charge >= 0.3 is 0 Å². The molecule has 1 heterocycles. The summed E-state index contributed by atoms with van der Waals surface area (Å²) in [5, 5.41) is 6.87. The summed E-state index contributed by atoms with van der Waals surface area (Å²) in [7, 11) is 2.21. The summed E-state index contributed by atoms with van der Waals surface area (Å²) < 4.78 is 0. The molecule has 0 amide bonds. The van der Waals surface area contributed by atoms with Crippen molar-refractivity contribution in [2.45, 2.75) is 27.2 Å². The molecule has 1 fully saturated rings. The van der Waals surface area contributed by atoms with Gasteiger partial charge in [-0.3, -0.25) is 4.99 Å². The molecule has 2 N–H and O–H groups in total.